The van der Waals surface area contributed by atoms with Gasteiger partial charge >= 0.3 is 5.69 Å². The third-order valence-corrected chi connectivity index (χ3v) is 5.97. The Morgan fingerprint density at radius 3 is 2.60 bits per heavy atom. The first-order valence-electron chi connectivity index (χ1n) is 9.17. The number of rotatable bonds is 6. The molecule has 4 aromatic rings. The molecule has 30 heavy (non-hydrogen) atoms. The molecule has 152 valence electrons. The number of thioether (sulfide) groups is 1. The van der Waals surface area contributed by atoms with Crippen molar-refractivity contribution in [1.82, 2.24) is 19.4 Å². The van der Waals surface area contributed by atoms with E-state index < -0.39 is 5.69 Å². The van der Waals surface area contributed by atoms with Crippen molar-refractivity contribution in [3.63, 3.8) is 0 Å². The molecule has 2 heterocycles. The van der Waals surface area contributed by atoms with Gasteiger partial charge in [0.05, 0.1) is 0 Å². The van der Waals surface area contributed by atoms with Gasteiger partial charge in [0.25, 0.3) is 0 Å². The second-order valence-electron chi connectivity index (χ2n) is 6.58. The monoisotopic (exact) mass is 437 g/mol. The zero-order chi connectivity index (χ0) is 21.1. The summed E-state index contributed by atoms with van der Waals surface area (Å²) in [6, 6.07) is 19.1. The van der Waals surface area contributed by atoms with Gasteiger partial charge in [0.1, 0.15) is 11.6 Å². The Hall–Kier alpha value is -3.04. The Morgan fingerprint density at radius 2 is 1.83 bits per heavy atom. The molecule has 0 atom stereocenters. The zero-order valence-corrected chi connectivity index (χ0v) is 18.0. The molecular weight excluding hydrogens is 418 g/mol. The maximum Gasteiger partial charge on any atom is 0.367 e. The number of fused-ring (bicyclic) bond motifs is 1. The molecule has 0 aliphatic rings. The van der Waals surface area contributed by atoms with Crippen LogP contribution in [-0.2, 0) is 11.3 Å². The first-order chi connectivity index (χ1) is 14.5. The molecule has 0 bridgehead atoms. The number of aryl methyl sites for hydroxylation is 1. The first kappa shape index (κ1) is 20.2. The third-order valence-electron chi connectivity index (χ3n) is 4.31. The average Bonchev–Trinajstić information content (AvgIpc) is 3.05. The summed E-state index contributed by atoms with van der Waals surface area (Å²) in [6.45, 7) is 1.84. The van der Waals surface area contributed by atoms with Crippen LogP contribution < -0.4 is 11.0 Å². The number of aromatic nitrogens is 4. The van der Waals surface area contributed by atoms with Gasteiger partial charge in [0.2, 0.25) is 5.91 Å². The molecule has 1 N–H and O–H groups in total. The number of anilines is 1. The van der Waals surface area contributed by atoms with Gasteiger partial charge < -0.3 is 5.32 Å². The highest BCUT2D eigenvalue weighted by Gasteiger charge is 2.13. The van der Waals surface area contributed by atoms with Crippen LogP contribution in [0.3, 0.4) is 0 Å². The maximum atomic E-state index is 12.7. The summed E-state index contributed by atoms with van der Waals surface area (Å²) in [4.78, 5) is 27.1. The average molecular weight is 438 g/mol. The second-order valence-corrected chi connectivity index (χ2v) is 8.55. The van der Waals surface area contributed by atoms with Crippen LogP contribution in [0.15, 0.2) is 80.3 Å². The minimum Gasteiger partial charge on any atom is -0.324 e. The van der Waals surface area contributed by atoms with E-state index in [4.69, 9.17) is 0 Å². The molecule has 0 unspecified atom stereocenters. The van der Waals surface area contributed by atoms with Crippen molar-refractivity contribution in [2.75, 3.05) is 11.6 Å². The largest absolute Gasteiger partial charge is 0.367 e. The lowest BCUT2D eigenvalue weighted by Gasteiger charge is -2.05. The van der Waals surface area contributed by atoms with Crippen LogP contribution >= 0.6 is 23.5 Å². The van der Waals surface area contributed by atoms with Crippen molar-refractivity contribution in [2.45, 2.75) is 28.3 Å². The lowest BCUT2D eigenvalue weighted by molar-refractivity contribution is -0.117. The van der Waals surface area contributed by atoms with Gasteiger partial charge in [-0.2, -0.15) is 9.61 Å². The molecule has 9 heteroatoms. The third kappa shape index (κ3) is 4.58. The first-order valence-corrected chi connectivity index (χ1v) is 11.2. The van der Waals surface area contributed by atoms with Crippen LogP contribution in [0.5, 0.6) is 0 Å². The fourth-order valence-electron chi connectivity index (χ4n) is 2.81. The van der Waals surface area contributed by atoms with E-state index in [1.54, 1.807) is 23.9 Å². The van der Waals surface area contributed by atoms with E-state index in [0.29, 0.717) is 16.4 Å². The normalized spacial score (nSPS) is 11.0. The van der Waals surface area contributed by atoms with Gasteiger partial charge in [0, 0.05) is 15.5 Å². The van der Waals surface area contributed by atoms with Crippen LogP contribution in [0.2, 0.25) is 0 Å². The van der Waals surface area contributed by atoms with Crippen molar-refractivity contribution >= 4 is 40.8 Å². The zero-order valence-electron chi connectivity index (χ0n) is 16.4. The number of nitrogens with one attached hydrogen (secondary N) is 1. The predicted octanol–water partition coefficient (Wildman–Crippen LogP) is 3.71. The van der Waals surface area contributed by atoms with E-state index in [9.17, 15) is 9.59 Å². The van der Waals surface area contributed by atoms with E-state index in [1.807, 2.05) is 61.7 Å². The number of hydrogen-bond acceptors (Lipinski definition) is 6. The number of amides is 1. The van der Waals surface area contributed by atoms with E-state index in [0.717, 1.165) is 14.5 Å². The molecule has 2 aromatic heterocycles. The quantitative estimate of drug-likeness (QED) is 0.463. The fraction of sp³-hybridized carbons (Fsp3) is 0.143. The summed E-state index contributed by atoms with van der Waals surface area (Å²) in [7, 11) is 0. The Balaban J connectivity index is 1.52. The molecular formula is C21H19N5O2S2. The topological polar surface area (TPSA) is 81.3 Å². The number of benzene rings is 2. The van der Waals surface area contributed by atoms with Crippen LogP contribution in [0.25, 0.3) is 5.65 Å². The molecule has 0 aliphatic heterocycles. The van der Waals surface area contributed by atoms with Gasteiger partial charge in [-0.1, -0.05) is 35.5 Å². The number of nitrogens with zero attached hydrogens (tertiary/aromatic N) is 4. The molecule has 0 saturated carbocycles. The second kappa shape index (κ2) is 8.76. The summed E-state index contributed by atoms with van der Waals surface area (Å²) < 4.78 is 2.34. The molecule has 0 radical (unpaired) electrons. The predicted molar refractivity (Wildman–Crippen MR) is 119 cm³/mol. The van der Waals surface area contributed by atoms with Crippen LogP contribution in [0.4, 0.5) is 5.69 Å². The molecule has 2 aromatic carbocycles. The summed E-state index contributed by atoms with van der Waals surface area (Å²) in [5, 5.41) is 12.1. The van der Waals surface area contributed by atoms with Gasteiger partial charge in [-0.25, -0.2) is 9.48 Å². The summed E-state index contributed by atoms with van der Waals surface area (Å²) >= 11 is 3.05. The minimum atomic E-state index is -0.454. The van der Waals surface area contributed by atoms with Crippen LogP contribution in [-0.4, -0.2) is 31.6 Å². The Bertz CT molecular complexity index is 1260. The molecule has 0 saturated heterocycles. The fourth-order valence-corrected chi connectivity index (χ4v) is 4.05. The molecule has 7 nitrogen and oxygen atoms in total. The van der Waals surface area contributed by atoms with Crippen molar-refractivity contribution in [3.8, 4) is 0 Å². The van der Waals surface area contributed by atoms with Crippen molar-refractivity contribution in [2.24, 2.45) is 0 Å². The van der Waals surface area contributed by atoms with Gasteiger partial charge in [-0.05, 0) is 55.6 Å². The number of hydrogen-bond donors (Lipinski definition) is 1. The Morgan fingerprint density at radius 1 is 1.03 bits per heavy atom. The SMILES string of the molecule is CSc1cccc(NC(=O)Cn2nc3ccc(Sc4ccc(C)cc4)nn3c2=O)c1. The highest BCUT2D eigenvalue weighted by Crippen LogP contribution is 2.25. The van der Waals surface area contributed by atoms with Crippen LogP contribution in [0.1, 0.15) is 5.56 Å². The highest BCUT2D eigenvalue weighted by atomic mass is 32.2. The molecule has 0 aliphatic carbocycles. The Labute approximate surface area is 181 Å². The highest BCUT2D eigenvalue weighted by molar-refractivity contribution is 7.99. The minimum absolute atomic E-state index is 0.188. The molecule has 0 fully saturated rings. The number of carbonyl (C=O) groups excluding carboxylic acids is 1. The molecule has 1 amide bonds. The summed E-state index contributed by atoms with van der Waals surface area (Å²) in [5.41, 5.74) is 1.80. The van der Waals surface area contributed by atoms with Crippen molar-refractivity contribution < 1.29 is 4.79 Å². The molecule has 0 spiro atoms. The number of carbonyl (C=O) groups is 1. The van der Waals surface area contributed by atoms with E-state index in [2.05, 4.69) is 15.5 Å². The van der Waals surface area contributed by atoms with E-state index in [-0.39, 0.29) is 12.5 Å². The van der Waals surface area contributed by atoms with Gasteiger partial charge in [-0.15, -0.1) is 16.9 Å². The molecule has 4 rings (SSSR count). The van der Waals surface area contributed by atoms with Crippen molar-refractivity contribution in [1.29, 1.82) is 0 Å². The van der Waals surface area contributed by atoms with E-state index >= 15 is 0 Å². The maximum absolute atomic E-state index is 12.7. The van der Waals surface area contributed by atoms with Gasteiger partial charge in [0.15, 0.2) is 5.65 Å². The lowest BCUT2D eigenvalue weighted by atomic mass is 10.2. The van der Waals surface area contributed by atoms with Crippen LogP contribution in [0, 0.1) is 6.92 Å². The standard InChI is InChI=1S/C21H19N5O2S2/c1-14-6-8-16(9-7-14)30-20-11-10-18-23-25(21(28)26(18)24-20)13-19(27)22-15-4-3-5-17(12-15)29-2/h3-12H,13H2,1-2H3,(H,22,27). The Kier molecular flexibility index (Phi) is 5.91. The lowest BCUT2D eigenvalue weighted by Crippen LogP contribution is -2.28. The summed E-state index contributed by atoms with van der Waals surface area (Å²) in [5.74, 6) is -0.326. The summed E-state index contributed by atoms with van der Waals surface area (Å²) in [6.07, 6.45) is 1.97. The van der Waals surface area contributed by atoms with Crippen molar-refractivity contribution in [3.05, 3.63) is 76.7 Å². The van der Waals surface area contributed by atoms with Gasteiger partial charge in [-0.3, -0.25) is 4.79 Å². The van der Waals surface area contributed by atoms with E-state index in [1.165, 1.54) is 21.8 Å². The smallest absolute Gasteiger partial charge is 0.324 e.